The highest BCUT2D eigenvalue weighted by Crippen LogP contribution is 2.35. The van der Waals surface area contributed by atoms with Crippen LogP contribution in [0.15, 0.2) is 67.1 Å². The lowest BCUT2D eigenvalue weighted by atomic mass is 10.0. The maximum absolute atomic E-state index is 15.3. The summed E-state index contributed by atoms with van der Waals surface area (Å²) in [5.41, 5.74) is 5.39. The molecule has 0 aliphatic heterocycles. The number of hydrogen-bond acceptors (Lipinski definition) is 6. The minimum Gasteiger partial charge on any atom is -0.374 e. The number of anilines is 1. The van der Waals surface area contributed by atoms with E-state index in [0.29, 0.717) is 44.9 Å². The van der Waals surface area contributed by atoms with Gasteiger partial charge in [-0.3, -0.25) is 10.1 Å². The number of imidazole rings is 1. The molecular formula is C30H25F2N7O. The molecule has 0 bridgehead atoms. The van der Waals surface area contributed by atoms with Crippen LogP contribution in [0.3, 0.4) is 0 Å². The van der Waals surface area contributed by atoms with E-state index in [1.807, 2.05) is 18.2 Å². The normalized spacial score (nSPS) is 14.8. The van der Waals surface area contributed by atoms with Crippen LogP contribution in [0.4, 0.5) is 14.5 Å². The van der Waals surface area contributed by atoms with Gasteiger partial charge in [-0.2, -0.15) is 5.10 Å². The second kappa shape index (κ2) is 9.80. The van der Waals surface area contributed by atoms with Gasteiger partial charge in [-0.05, 0) is 60.4 Å². The van der Waals surface area contributed by atoms with Crippen molar-refractivity contribution >= 4 is 27.8 Å². The molecule has 1 aliphatic rings. The molecule has 4 N–H and O–H groups in total. The summed E-state index contributed by atoms with van der Waals surface area (Å²) in [7, 11) is 0. The van der Waals surface area contributed by atoms with Crippen LogP contribution in [-0.2, 0) is 0 Å². The molecular weight excluding hydrogens is 512 g/mol. The van der Waals surface area contributed by atoms with Crippen LogP contribution >= 0.6 is 0 Å². The van der Waals surface area contributed by atoms with Crippen LogP contribution in [0.5, 0.6) is 0 Å². The van der Waals surface area contributed by atoms with Crippen molar-refractivity contribution in [1.29, 1.82) is 0 Å². The number of pyridine rings is 2. The number of hydrogen-bond donors (Lipinski definition) is 4. The molecule has 6 aromatic rings. The Balaban J connectivity index is 1.27. The van der Waals surface area contributed by atoms with Gasteiger partial charge in [0.2, 0.25) is 0 Å². The van der Waals surface area contributed by atoms with Gasteiger partial charge in [0.25, 0.3) is 0 Å². The highest BCUT2D eigenvalue weighted by atomic mass is 19.1. The maximum Gasteiger partial charge on any atom is 0.160 e. The smallest absolute Gasteiger partial charge is 0.160 e. The van der Waals surface area contributed by atoms with E-state index in [9.17, 15) is 9.50 Å². The number of aliphatic hydroxyl groups is 1. The number of nitrogens with one attached hydrogen (secondary N) is 3. The molecule has 4 aromatic heterocycles. The van der Waals surface area contributed by atoms with Gasteiger partial charge in [0.15, 0.2) is 11.5 Å². The van der Waals surface area contributed by atoms with Crippen molar-refractivity contribution in [3.05, 3.63) is 78.8 Å². The third-order valence-electron chi connectivity index (χ3n) is 7.62. The van der Waals surface area contributed by atoms with Gasteiger partial charge in [-0.1, -0.05) is 25.0 Å². The van der Waals surface area contributed by atoms with Crippen molar-refractivity contribution in [1.82, 2.24) is 30.1 Å². The molecule has 1 saturated carbocycles. The Morgan fingerprint density at radius 2 is 1.77 bits per heavy atom. The fourth-order valence-electron chi connectivity index (χ4n) is 5.55. The summed E-state index contributed by atoms with van der Waals surface area (Å²) in [5.74, 6) is -0.142. The topological polar surface area (TPSA) is 115 Å². The summed E-state index contributed by atoms with van der Waals surface area (Å²) in [5, 5.41) is 21.5. The number of fused-ring (bicyclic) bond motifs is 2. The molecule has 4 heterocycles. The highest BCUT2D eigenvalue weighted by molar-refractivity contribution is 5.97. The molecule has 0 radical (unpaired) electrons. The molecule has 0 saturated heterocycles. The van der Waals surface area contributed by atoms with Crippen LogP contribution in [-0.4, -0.2) is 41.5 Å². The molecule has 200 valence electrons. The van der Waals surface area contributed by atoms with E-state index in [-0.39, 0.29) is 17.3 Å². The standard InChI is InChI=1S/C30H25F2N7O/c31-20-7-5-16(6-8-20)22-9-10-34-28-26(22)36-29(37-28)27-23-12-18(13-24(32)25(23)38-39-27)19-11-21(15-33-14-19)35-30(40)17-3-1-2-4-17/h5-15,17,30,35,40H,1-4H2,(H,38,39)(H,34,36,37). The number of aromatic amines is 2. The quantitative estimate of drug-likeness (QED) is 0.182. The first-order valence-electron chi connectivity index (χ1n) is 13.2. The largest absolute Gasteiger partial charge is 0.374 e. The van der Waals surface area contributed by atoms with Gasteiger partial charge >= 0.3 is 0 Å². The first kappa shape index (κ1) is 24.3. The van der Waals surface area contributed by atoms with Gasteiger partial charge in [-0.25, -0.2) is 18.7 Å². The van der Waals surface area contributed by atoms with Crippen LogP contribution < -0.4 is 5.32 Å². The number of aliphatic hydroxyl groups excluding tert-OH is 1. The van der Waals surface area contributed by atoms with E-state index in [1.165, 1.54) is 18.2 Å². The minimum absolute atomic E-state index is 0.216. The third-order valence-corrected chi connectivity index (χ3v) is 7.62. The van der Waals surface area contributed by atoms with Crippen molar-refractivity contribution in [2.45, 2.75) is 31.9 Å². The summed E-state index contributed by atoms with van der Waals surface area (Å²) in [4.78, 5) is 16.7. The zero-order chi connectivity index (χ0) is 27.2. The molecule has 2 aromatic carbocycles. The second-order valence-electron chi connectivity index (χ2n) is 10.2. The predicted octanol–water partition coefficient (Wildman–Crippen LogP) is 6.43. The Morgan fingerprint density at radius 1 is 0.950 bits per heavy atom. The molecule has 0 spiro atoms. The Morgan fingerprint density at radius 3 is 2.60 bits per heavy atom. The van der Waals surface area contributed by atoms with Crippen LogP contribution in [0.2, 0.25) is 0 Å². The Labute approximate surface area is 227 Å². The predicted molar refractivity (Wildman–Crippen MR) is 149 cm³/mol. The number of nitrogens with zero attached hydrogens (tertiary/aromatic N) is 4. The molecule has 40 heavy (non-hydrogen) atoms. The molecule has 1 unspecified atom stereocenters. The van der Waals surface area contributed by atoms with Crippen molar-refractivity contribution in [2.24, 2.45) is 5.92 Å². The summed E-state index contributed by atoms with van der Waals surface area (Å²) >= 11 is 0. The van der Waals surface area contributed by atoms with Crippen molar-refractivity contribution in [3.8, 4) is 33.8 Å². The number of rotatable bonds is 6. The molecule has 1 fully saturated rings. The molecule has 1 aliphatic carbocycles. The Kier molecular flexibility index (Phi) is 5.96. The summed E-state index contributed by atoms with van der Waals surface area (Å²) in [6, 6.07) is 13.1. The fraction of sp³-hybridized carbons (Fsp3) is 0.200. The molecule has 0 amide bonds. The van der Waals surface area contributed by atoms with E-state index in [2.05, 4.69) is 30.5 Å². The summed E-state index contributed by atoms with van der Waals surface area (Å²) in [6.07, 6.45) is 8.56. The lowest BCUT2D eigenvalue weighted by molar-refractivity contribution is 0.137. The number of aromatic nitrogens is 6. The van der Waals surface area contributed by atoms with E-state index in [0.717, 1.165) is 36.8 Å². The summed E-state index contributed by atoms with van der Waals surface area (Å²) in [6.45, 7) is 0. The zero-order valence-corrected chi connectivity index (χ0v) is 21.3. The monoisotopic (exact) mass is 537 g/mol. The van der Waals surface area contributed by atoms with E-state index in [4.69, 9.17) is 4.98 Å². The van der Waals surface area contributed by atoms with Gasteiger partial charge in [0, 0.05) is 34.8 Å². The average molecular weight is 538 g/mol. The third kappa shape index (κ3) is 4.36. The zero-order valence-electron chi connectivity index (χ0n) is 21.3. The molecule has 7 rings (SSSR count). The van der Waals surface area contributed by atoms with Crippen molar-refractivity contribution < 1.29 is 13.9 Å². The highest BCUT2D eigenvalue weighted by Gasteiger charge is 2.23. The van der Waals surface area contributed by atoms with Crippen molar-refractivity contribution in [3.63, 3.8) is 0 Å². The lowest BCUT2D eigenvalue weighted by Crippen LogP contribution is -2.26. The van der Waals surface area contributed by atoms with Gasteiger partial charge in [0.05, 0.1) is 11.9 Å². The number of H-pyrrole nitrogens is 2. The lowest BCUT2D eigenvalue weighted by Gasteiger charge is -2.20. The van der Waals surface area contributed by atoms with E-state index < -0.39 is 12.0 Å². The van der Waals surface area contributed by atoms with Gasteiger partial charge < -0.3 is 15.4 Å². The Hall–Kier alpha value is -4.70. The first-order chi connectivity index (χ1) is 19.5. The Bertz CT molecular complexity index is 1840. The van der Waals surface area contributed by atoms with E-state index in [1.54, 1.807) is 30.7 Å². The molecule has 10 heteroatoms. The average Bonchev–Trinajstić information content (AvgIpc) is 3.73. The first-order valence-corrected chi connectivity index (χ1v) is 13.2. The minimum atomic E-state index is -0.652. The van der Waals surface area contributed by atoms with Crippen molar-refractivity contribution in [2.75, 3.05) is 5.32 Å². The fourth-order valence-corrected chi connectivity index (χ4v) is 5.55. The van der Waals surface area contributed by atoms with Gasteiger partial charge in [-0.15, -0.1) is 0 Å². The molecule has 8 nitrogen and oxygen atoms in total. The van der Waals surface area contributed by atoms with Crippen LogP contribution in [0.1, 0.15) is 25.7 Å². The maximum atomic E-state index is 15.3. The number of benzene rings is 2. The summed E-state index contributed by atoms with van der Waals surface area (Å²) < 4.78 is 28.8. The molecule has 1 atom stereocenters. The van der Waals surface area contributed by atoms with Crippen LogP contribution in [0, 0.1) is 17.6 Å². The van der Waals surface area contributed by atoms with Crippen LogP contribution in [0.25, 0.3) is 55.8 Å². The van der Waals surface area contributed by atoms with E-state index >= 15 is 4.39 Å². The second-order valence-corrected chi connectivity index (χ2v) is 10.2. The number of halogens is 2. The van der Waals surface area contributed by atoms with Gasteiger partial charge in [0.1, 0.15) is 34.6 Å². The SMILES string of the molecule is OC(Nc1cncc(-c2cc(F)c3[nH]nc(-c4nc5c(-c6ccc(F)cc6)ccnc5[nH]4)c3c2)c1)C1CCCC1.